The summed E-state index contributed by atoms with van der Waals surface area (Å²) in [5, 5.41) is 3.23. The van der Waals surface area contributed by atoms with Crippen LogP contribution in [0, 0.1) is 23.7 Å². The molecule has 1 aliphatic carbocycles. The molecule has 1 aliphatic rings. The zero-order valence-electron chi connectivity index (χ0n) is 16.2. The molecule has 0 aromatic rings. The molecule has 0 spiro atoms. The highest BCUT2D eigenvalue weighted by atomic mass is 16.1. The average molecular weight is 324 g/mol. The summed E-state index contributed by atoms with van der Waals surface area (Å²) in [5.41, 5.74) is 0. The first kappa shape index (κ1) is 20.5. The molecular formula is C21H41NO. The molecule has 0 aliphatic heterocycles. The Labute approximate surface area is 145 Å². The molecule has 136 valence electrons. The highest BCUT2D eigenvalue weighted by Gasteiger charge is 2.34. The Bertz CT molecular complexity index is 313. The normalized spacial score (nSPS) is 24.8. The van der Waals surface area contributed by atoms with Gasteiger partial charge in [-0.05, 0) is 37.0 Å². The third-order valence-corrected chi connectivity index (χ3v) is 5.69. The third-order valence-electron chi connectivity index (χ3n) is 5.69. The van der Waals surface area contributed by atoms with E-state index < -0.39 is 0 Å². The lowest BCUT2D eigenvalue weighted by Crippen LogP contribution is -2.40. The Hall–Kier alpha value is -0.530. The predicted octanol–water partition coefficient (Wildman–Crippen LogP) is 5.95. The van der Waals surface area contributed by atoms with Gasteiger partial charge in [-0.2, -0.15) is 0 Å². The lowest BCUT2D eigenvalue weighted by molar-refractivity contribution is -0.129. The second kappa shape index (κ2) is 11.9. The third kappa shape index (κ3) is 8.22. The lowest BCUT2D eigenvalue weighted by Gasteiger charge is -2.36. The van der Waals surface area contributed by atoms with E-state index in [1.807, 2.05) is 0 Å². The van der Waals surface area contributed by atoms with Crippen LogP contribution in [0.1, 0.15) is 98.3 Å². The number of amides is 1. The SMILES string of the molecule is CCCCCCCCCCNC(=O)C1CC(C)CCC1C(C)C. The van der Waals surface area contributed by atoms with Crippen LogP contribution < -0.4 is 5.32 Å². The van der Waals surface area contributed by atoms with Gasteiger partial charge in [0.15, 0.2) is 0 Å². The van der Waals surface area contributed by atoms with Gasteiger partial charge in [0.05, 0.1) is 0 Å². The Morgan fingerprint density at radius 1 is 1.00 bits per heavy atom. The number of unbranched alkanes of at least 4 members (excludes halogenated alkanes) is 7. The maximum absolute atomic E-state index is 12.6. The first-order valence-corrected chi connectivity index (χ1v) is 10.3. The molecule has 23 heavy (non-hydrogen) atoms. The molecule has 1 fully saturated rings. The van der Waals surface area contributed by atoms with E-state index in [1.165, 1.54) is 57.8 Å². The fraction of sp³-hybridized carbons (Fsp3) is 0.952. The van der Waals surface area contributed by atoms with Gasteiger partial charge in [0, 0.05) is 12.5 Å². The van der Waals surface area contributed by atoms with Gasteiger partial charge in [-0.3, -0.25) is 4.79 Å². The number of hydrogen-bond acceptors (Lipinski definition) is 1. The Kier molecular flexibility index (Phi) is 10.6. The van der Waals surface area contributed by atoms with Crippen molar-refractivity contribution in [3.63, 3.8) is 0 Å². The van der Waals surface area contributed by atoms with Gasteiger partial charge in [-0.25, -0.2) is 0 Å². The van der Waals surface area contributed by atoms with Crippen LogP contribution in [0.3, 0.4) is 0 Å². The molecule has 1 rings (SSSR count). The van der Waals surface area contributed by atoms with Gasteiger partial charge >= 0.3 is 0 Å². The smallest absolute Gasteiger partial charge is 0.223 e. The Morgan fingerprint density at radius 2 is 1.61 bits per heavy atom. The van der Waals surface area contributed by atoms with Crippen molar-refractivity contribution in [2.45, 2.75) is 98.3 Å². The largest absolute Gasteiger partial charge is 0.356 e. The van der Waals surface area contributed by atoms with E-state index in [4.69, 9.17) is 0 Å². The molecule has 0 aromatic carbocycles. The van der Waals surface area contributed by atoms with Crippen molar-refractivity contribution in [3.05, 3.63) is 0 Å². The molecule has 3 atom stereocenters. The van der Waals surface area contributed by atoms with Crippen LogP contribution in [0.25, 0.3) is 0 Å². The van der Waals surface area contributed by atoms with Gasteiger partial charge in [-0.15, -0.1) is 0 Å². The van der Waals surface area contributed by atoms with Crippen LogP contribution in [-0.2, 0) is 4.79 Å². The maximum Gasteiger partial charge on any atom is 0.223 e. The van der Waals surface area contributed by atoms with Crippen molar-refractivity contribution in [2.75, 3.05) is 6.54 Å². The van der Waals surface area contributed by atoms with Crippen LogP contribution in [0.2, 0.25) is 0 Å². The highest BCUT2D eigenvalue weighted by molar-refractivity contribution is 5.79. The first-order chi connectivity index (χ1) is 11.1. The summed E-state index contributed by atoms with van der Waals surface area (Å²) in [5.74, 6) is 2.51. The molecule has 0 aromatic heterocycles. The van der Waals surface area contributed by atoms with Crippen LogP contribution in [0.15, 0.2) is 0 Å². The van der Waals surface area contributed by atoms with Crippen molar-refractivity contribution in [1.29, 1.82) is 0 Å². The van der Waals surface area contributed by atoms with E-state index in [0.717, 1.165) is 19.4 Å². The number of carbonyl (C=O) groups is 1. The minimum atomic E-state index is 0.257. The predicted molar refractivity (Wildman–Crippen MR) is 100 cm³/mol. The summed E-state index contributed by atoms with van der Waals surface area (Å²) in [6.07, 6.45) is 14.2. The number of nitrogens with one attached hydrogen (secondary N) is 1. The Morgan fingerprint density at radius 3 is 2.22 bits per heavy atom. The van der Waals surface area contributed by atoms with Crippen LogP contribution in [0.4, 0.5) is 0 Å². The van der Waals surface area contributed by atoms with Crippen molar-refractivity contribution in [3.8, 4) is 0 Å². The molecule has 0 saturated heterocycles. The Balaban J connectivity index is 2.14. The summed E-state index contributed by atoms with van der Waals surface area (Å²) < 4.78 is 0. The van der Waals surface area contributed by atoms with Gasteiger partial charge in [-0.1, -0.05) is 79.1 Å². The minimum Gasteiger partial charge on any atom is -0.356 e. The van der Waals surface area contributed by atoms with E-state index in [-0.39, 0.29) is 5.92 Å². The van der Waals surface area contributed by atoms with Gasteiger partial charge < -0.3 is 5.32 Å². The van der Waals surface area contributed by atoms with Crippen molar-refractivity contribution in [1.82, 2.24) is 5.32 Å². The van der Waals surface area contributed by atoms with E-state index in [9.17, 15) is 4.79 Å². The van der Waals surface area contributed by atoms with E-state index in [0.29, 0.717) is 23.7 Å². The average Bonchev–Trinajstić information content (AvgIpc) is 2.52. The highest BCUT2D eigenvalue weighted by Crippen LogP contribution is 2.38. The van der Waals surface area contributed by atoms with Crippen molar-refractivity contribution >= 4 is 5.91 Å². The molecule has 0 bridgehead atoms. The summed E-state index contributed by atoms with van der Waals surface area (Å²) in [7, 11) is 0. The topological polar surface area (TPSA) is 29.1 Å². The summed E-state index contributed by atoms with van der Waals surface area (Å²) in [4.78, 5) is 12.6. The minimum absolute atomic E-state index is 0.257. The number of rotatable bonds is 11. The fourth-order valence-electron chi connectivity index (χ4n) is 4.11. The molecule has 2 heteroatoms. The molecule has 1 N–H and O–H groups in total. The number of hydrogen-bond donors (Lipinski definition) is 1. The van der Waals surface area contributed by atoms with Gasteiger partial charge in [0.25, 0.3) is 0 Å². The van der Waals surface area contributed by atoms with Crippen molar-refractivity contribution in [2.24, 2.45) is 23.7 Å². The van der Waals surface area contributed by atoms with E-state index in [2.05, 4.69) is 33.0 Å². The van der Waals surface area contributed by atoms with Gasteiger partial charge in [0.2, 0.25) is 5.91 Å². The molecular weight excluding hydrogens is 282 g/mol. The van der Waals surface area contributed by atoms with E-state index >= 15 is 0 Å². The fourth-order valence-corrected chi connectivity index (χ4v) is 4.11. The monoisotopic (exact) mass is 323 g/mol. The zero-order chi connectivity index (χ0) is 17.1. The summed E-state index contributed by atoms with van der Waals surface area (Å²) in [6, 6.07) is 0. The second-order valence-electron chi connectivity index (χ2n) is 8.20. The van der Waals surface area contributed by atoms with Crippen LogP contribution in [-0.4, -0.2) is 12.5 Å². The van der Waals surface area contributed by atoms with Crippen LogP contribution in [0.5, 0.6) is 0 Å². The zero-order valence-corrected chi connectivity index (χ0v) is 16.2. The molecule has 2 nitrogen and oxygen atoms in total. The van der Waals surface area contributed by atoms with E-state index in [1.54, 1.807) is 0 Å². The number of carbonyl (C=O) groups excluding carboxylic acids is 1. The second-order valence-corrected chi connectivity index (χ2v) is 8.20. The van der Waals surface area contributed by atoms with Crippen molar-refractivity contribution < 1.29 is 4.79 Å². The molecule has 0 radical (unpaired) electrons. The molecule has 1 amide bonds. The first-order valence-electron chi connectivity index (χ1n) is 10.3. The summed E-state index contributed by atoms with van der Waals surface area (Å²) in [6.45, 7) is 10.00. The lowest BCUT2D eigenvalue weighted by atomic mass is 9.70. The molecule has 0 heterocycles. The standard InChI is InChI=1S/C21H41NO/c1-5-6-7-8-9-10-11-12-15-22-21(23)20-16-18(4)13-14-19(20)17(2)3/h17-20H,5-16H2,1-4H3,(H,22,23). The van der Waals surface area contributed by atoms with Crippen LogP contribution >= 0.6 is 0 Å². The van der Waals surface area contributed by atoms with Gasteiger partial charge in [0.1, 0.15) is 0 Å². The summed E-state index contributed by atoms with van der Waals surface area (Å²) >= 11 is 0. The molecule has 3 unspecified atom stereocenters. The quantitative estimate of drug-likeness (QED) is 0.468. The maximum atomic E-state index is 12.6. The molecule has 1 saturated carbocycles.